The van der Waals surface area contributed by atoms with E-state index in [2.05, 4.69) is 10.6 Å². The molecule has 0 radical (unpaired) electrons. The van der Waals surface area contributed by atoms with Crippen molar-refractivity contribution in [2.75, 3.05) is 6.54 Å². The summed E-state index contributed by atoms with van der Waals surface area (Å²) >= 11 is 1.28. The zero-order valence-corrected chi connectivity index (χ0v) is 11.4. The van der Waals surface area contributed by atoms with E-state index in [0.29, 0.717) is 17.8 Å². The van der Waals surface area contributed by atoms with Crippen molar-refractivity contribution in [2.24, 2.45) is 0 Å². The summed E-state index contributed by atoms with van der Waals surface area (Å²) in [5, 5.41) is 15.9. The van der Waals surface area contributed by atoms with E-state index in [4.69, 9.17) is 9.52 Å². The highest BCUT2D eigenvalue weighted by Crippen LogP contribution is 2.18. The molecule has 0 aliphatic heterocycles. The number of urea groups is 1. The molecule has 106 valence electrons. The van der Waals surface area contributed by atoms with E-state index in [1.54, 1.807) is 29.8 Å². The van der Waals surface area contributed by atoms with Crippen LogP contribution in [0.1, 0.15) is 16.7 Å². The first-order chi connectivity index (χ1) is 9.66. The van der Waals surface area contributed by atoms with Gasteiger partial charge in [0.25, 0.3) is 0 Å². The van der Waals surface area contributed by atoms with Crippen molar-refractivity contribution in [3.8, 4) is 0 Å². The third kappa shape index (κ3) is 3.86. The number of nitrogens with one attached hydrogen (secondary N) is 2. The third-order valence-corrected chi connectivity index (χ3v) is 3.52. The number of hydrogen-bond donors (Lipinski definition) is 3. The molecule has 2 aromatic heterocycles. The molecule has 0 aliphatic carbocycles. The molecule has 2 aromatic rings. The van der Waals surface area contributed by atoms with Crippen LogP contribution in [0.25, 0.3) is 0 Å². The highest BCUT2D eigenvalue weighted by molar-refractivity contribution is 7.10. The van der Waals surface area contributed by atoms with Gasteiger partial charge in [0.05, 0.1) is 6.26 Å². The minimum Gasteiger partial charge on any atom is -0.479 e. The van der Waals surface area contributed by atoms with E-state index in [1.807, 2.05) is 6.07 Å². The number of carbonyl (C=O) groups is 2. The average molecular weight is 294 g/mol. The quantitative estimate of drug-likeness (QED) is 0.760. The molecule has 2 heterocycles. The third-order valence-electron chi connectivity index (χ3n) is 2.59. The molecular weight excluding hydrogens is 280 g/mol. The molecule has 6 nitrogen and oxygen atoms in total. The lowest BCUT2D eigenvalue weighted by atomic mass is 10.2. The SMILES string of the molecule is O=C(NCCc1ccco1)NC(C(=O)O)c1cccs1. The van der Waals surface area contributed by atoms with Crippen molar-refractivity contribution >= 4 is 23.3 Å². The fourth-order valence-corrected chi connectivity index (χ4v) is 2.41. The first-order valence-electron chi connectivity index (χ1n) is 6.00. The lowest BCUT2D eigenvalue weighted by Gasteiger charge is -2.13. The van der Waals surface area contributed by atoms with Gasteiger partial charge in [-0.15, -0.1) is 11.3 Å². The maximum Gasteiger partial charge on any atom is 0.331 e. The Morgan fingerprint density at radius 1 is 1.35 bits per heavy atom. The first kappa shape index (κ1) is 14.1. The topological polar surface area (TPSA) is 91.6 Å². The van der Waals surface area contributed by atoms with Gasteiger partial charge < -0.3 is 20.2 Å². The molecule has 0 bridgehead atoms. The predicted octanol–water partition coefficient (Wildman–Crippen LogP) is 2.01. The lowest BCUT2D eigenvalue weighted by molar-refractivity contribution is -0.139. The van der Waals surface area contributed by atoms with Gasteiger partial charge in [-0.3, -0.25) is 0 Å². The molecule has 3 N–H and O–H groups in total. The van der Waals surface area contributed by atoms with Gasteiger partial charge in [0.2, 0.25) is 0 Å². The van der Waals surface area contributed by atoms with Crippen molar-refractivity contribution < 1.29 is 19.1 Å². The van der Waals surface area contributed by atoms with Crippen molar-refractivity contribution in [3.05, 3.63) is 46.5 Å². The summed E-state index contributed by atoms with van der Waals surface area (Å²) in [4.78, 5) is 23.4. The lowest BCUT2D eigenvalue weighted by Crippen LogP contribution is -2.41. The van der Waals surface area contributed by atoms with Gasteiger partial charge in [0.1, 0.15) is 5.76 Å². The van der Waals surface area contributed by atoms with Crippen molar-refractivity contribution in [3.63, 3.8) is 0 Å². The predicted molar refractivity (Wildman–Crippen MR) is 73.6 cm³/mol. The Kier molecular flexibility index (Phi) is 4.78. The molecule has 0 saturated heterocycles. The number of amides is 2. The van der Waals surface area contributed by atoms with E-state index < -0.39 is 18.0 Å². The Morgan fingerprint density at radius 2 is 2.20 bits per heavy atom. The average Bonchev–Trinajstić information content (AvgIpc) is 3.08. The number of hydrogen-bond acceptors (Lipinski definition) is 4. The van der Waals surface area contributed by atoms with Gasteiger partial charge in [-0.05, 0) is 23.6 Å². The van der Waals surface area contributed by atoms with Gasteiger partial charge in [-0.2, -0.15) is 0 Å². The number of aliphatic carboxylic acids is 1. The minimum atomic E-state index is -1.09. The van der Waals surface area contributed by atoms with Crippen LogP contribution in [0.15, 0.2) is 40.3 Å². The molecule has 1 atom stereocenters. The molecule has 0 saturated carbocycles. The van der Waals surface area contributed by atoms with Gasteiger partial charge in [0, 0.05) is 17.8 Å². The molecule has 2 amide bonds. The van der Waals surface area contributed by atoms with Gasteiger partial charge in [-0.25, -0.2) is 9.59 Å². The Balaban J connectivity index is 1.81. The summed E-state index contributed by atoms with van der Waals surface area (Å²) in [6.07, 6.45) is 2.11. The van der Waals surface area contributed by atoms with Crippen LogP contribution in [0, 0.1) is 0 Å². The van der Waals surface area contributed by atoms with E-state index >= 15 is 0 Å². The fourth-order valence-electron chi connectivity index (χ4n) is 1.65. The summed E-state index contributed by atoms with van der Waals surface area (Å²) < 4.78 is 5.13. The van der Waals surface area contributed by atoms with E-state index in [9.17, 15) is 9.59 Å². The smallest absolute Gasteiger partial charge is 0.331 e. The molecule has 0 aromatic carbocycles. The fraction of sp³-hybridized carbons (Fsp3) is 0.231. The van der Waals surface area contributed by atoms with Crippen LogP contribution in [-0.4, -0.2) is 23.7 Å². The number of furan rings is 1. The summed E-state index contributed by atoms with van der Waals surface area (Å²) in [6, 6.07) is 5.45. The number of thiophene rings is 1. The summed E-state index contributed by atoms with van der Waals surface area (Å²) in [6.45, 7) is 0.371. The van der Waals surface area contributed by atoms with Crippen LogP contribution in [0.2, 0.25) is 0 Å². The maximum atomic E-state index is 11.7. The molecule has 0 fully saturated rings. The van der Waals surface area contributed by atoms with Gasteiger partial charge in [0.15, 0.2) is 6.04 Å². The first-order valence-corrected chi connectivity index (χ1v) is 6.87. The van der Waals surface area contributed by atoms with Gasteiger partial charge in [-0.1, -0.05) is 6.07 Å². The number of rotatable bonds is 6. The molecular formula is C13H14N2O4S. The van der Waals surface area contributed by atoms with Crippen molar-refractivity contribution in [2.45, 2.75) is 12.5 Å². The Bertz CT molecular complexity index is 551. The number of carbonyl (C=O) groups excluding carboxylic acids is 1. The van der Waals surface area contributed by atoms with E-state index in [0.717, 1.165) is 5.76 Å². The summed E-state index contributed by atoms with van der Waals surface area (Å²) in [5.41, 5.74) is 0. The Morgan fingerprint density at radius 3 is 2.80 bits per heavy atom. The van der Waals surface area contributed by atoms with Crippen molar-refractivity contribution in [1.82, 2.24) is 10.6 Å². The van der Waals surface area contributed by atoms with Crippen LogP contribution in [-0.2, 0) is 11.2 Å². The van der Waals surface area contributed by atoms with Crippen LogP contribution >= 0.6 is 11.3 Å². The molecule has 20 heavy (non-hydrogen) atoms. The highest BCUT2D eigenvalue weighted by Gasteiger charge is 2.22. The van der Waals surface area contributed by atoms with Crippen LogP contribution in [0.5, 0.6) is 0 Å². The second-order valence-electron chi connectivity index (χ2n) is 4.02. The Labute approximate surface area is 119 Å². The zero-order chi connectivity index (χ0) is 14.4. The summed E-state index contributed by atoms with van der Waals surface area (Å²) in [5.74, 6) is -0.327. The Hall–Kier alpha value is -2.28. The van der Waals surface area contributed by atoms with Crippen LogP contribution in [0.4, 0.5) is 4.79 Å². The largest absolute Gasteiger partial charge is 0.479 e. The zero-order valence-electron chi connectivity index (χ0n) is 10.5. The number of carboxylic acid groups (broad SMARTS) is 1. The monoisotopic (exact) mass is 294 g/mol. The molecule has 1 unspecified atom stereocenters. The van der Waals surface area contributed by atoms with Crippen molar-refractivity contribution in [1.29, 1.82) is 0 Å². The second-order valence-corrected chi connectivity index (χ2v) is 5.00. The maximum absolute atomic E-state index is 11.7. The molecule has 7 heteroatoms. The summed E-state index contributed by atoms with van der Waals surface area (Å²) in [7, 11) is 0. The standard InChI is InChI=1S/C13H14N2O4S/c16-12(17)11(10-4-2-8-20-10)15-13(18)14-6-5-9-3-1-7-19-9/h1-4,7-8,11H,5-6H2,(H,16,17)(H2,14,15,18). The molecule has 0 spiro atoms. The molecule has 0 aliphatic rings. The molecule has 2 rings (SSSR count). The second kappa shape index (κ2) is 6.76. The normalized spacial score (nSPS) is 11.8. The van der Waals surface area contributed by atoms with E-state index in [1.165, 1.54) is 11.3 Å². The van der Waals surface area contributed by atoms with Gasteiger partial charge >= 0.3 is 12.0 Å². The van der Waals surface area contributed by atoms with Crippen LogP contribution in [0.3, 0.4) is 0 Å². The van der Waals surface area contributed by atoms with Crippen LogP contribution < -0.4 is 10.6 Å². The minimum absolute atomic E-state index is 0.371. The number of carboxylic acids is 1. The highest BCUT2D eigenvalue weighted by atomic mass is 32.1. The van der Waals surface area contributed by atoms with E-state index in [-0.39, 0.29) is 0 Å².